The van der Waals surface area contributed by atoms with Gasteiger partial charge in [0.1, 0.15) is 0 Å². The predicted molar refractivity (Wildman–Crippen MR) is 72.8 cm³/mol. The number of rotatable bonds is 2. The average molecular weight is 282 g/mol. The fourth-order valence-corrected chi connectivity index (χ4v) is 2.96. The van der Waals surface area contributed by atoms with Crippen LogP contribution in [0.3, 0.4) is 0 Å². The van der Waals surface area contributed by atoms with Gasteiger partial charge in [-0.15, -0.1) is 0 Å². The van der Waals surface area contributed by atoms with Crippen molar-refractivity contribution in [3.8, 4) is 0 Å². The van der Waals surface area contributed by atoms with Gasteiger partial charge in [-0.25, -0.2) is 0 Å². The summed E-state index contributed by atoms with van der Waals surface area (Å²) in [6.07, 6.45) is 0. The Labute approximate surface area is 107 Å². The first-order chi connectivity index (χ1) is 7.66. The summed E-state index contributed by atoms with van der Waals surface area (Å²) in [6.45, 7) is 8.18. The maximum absolute atomic E-state index is 3.81. The van der Waals surface area contributed by atoms with Gasteiger partial charge in [0.15, 0.2) is 0 Å². The topological polar surface area (TPSA) is 3.24 Å². The van der Waals surface area contributed by atoms with Crippen molar-refractivity contribution in [1.82, 2.24) is 4.90 Å². The molecule has 2 atom stereocenters. The normalized spacial score (nSPS) is 28.2. The van der Waals surface area contributed by atoms with Gasteiger partial charge in [-0.2, -0.15) is 0 Å². The number of benzene rings is 1. The lowest BCUT2D eigenvalue weighted by molar-refractivity contribution is 0.143. The quantitative estimate of drug-likeness (QED) is 0.750. The smallest absolute Gasteiger partial charge is 0.0233 e. The Bertz CT molecular complexity index is 313. The van der Waals surface area contributed by atoms with Crippen molar-refractivity contribution in [2.75, 3.05) is 13.1 Å². The molecule has 0 N–H and O–H groups in total. The van der Waals surface area contributed by atoms with Crippen molar-refractivity contribution < 1.29 is 0 Å². The standard InChI is InChI=1S/C14H20BrN/c1-11-8-16(9-12(2)14(11)15)10-13-6-4-3-5-7-13/h3-7,11-12,14H,8-10H2,1-2H3/t11-,12-/m1/s1. The Hall–Kier alpha value is -0.340. The molecule has 1 aliphatic heterocycles. The number of alkyl halides is 1. The number of halogens is 1. The molecule has 0 spiro atoms. The zero-order valence-electron chi connectivity index (χ0n) is 10.1. The van der Waals surface area contributed by atoms with E-state index in [1.807, 2.05) is 0 Å². The van der Waals surface area contributed by atoms with Gasteiger partial charge in [-0.1, -0.05) is 60.1 Å². The van der Waals surface area contributed by atoms with Crippen molar-refractivity contribution in [3.05, 3.63) is 35.9 Å². The number of hydrogen-bond donors (Lipinski definition) is 0. The summed E-state index contributed by atoms with van der Waals surface area (Å²) in [5.41, 5.74) is 1.43. The molecular formula is C14H20BrN. The minimum Gasteiger partial charge on any atom is -0.298 e. The second kappa shape index (κ2) is 5.33. The van der Waals surface area contributed by atoms with Gasteiger partial charge in [-0.3, -0.25) is 4.90 Å². The van der Waals surface area contributed by atoms with Gasteiger partial charge >= 0.3 is 0 Å². The van der Waals surface area contributed by atoms with Crippen molar-refractivity contribution in [1.29, 1.82) is 0 Å². The molecule has 1 heterocycles. The molecule has 2 heteroatoms. The van der Waals surface area contributed by atoms with Crippen LogP contribution in [0.15, 0.2) is 30.3 Å². The molecule has 2 rings (SSSR count). The molecule has 1 saturated heterocycles. The largest absolute Gasteiger partial charge is 0.298 e. The van der Waals surface area contributed by atoms with E-state index in [4.69, 9.17) is 0 Å². The summed E-state index contributed by atoms with van der Waals surface area (Å²) in [4.78, 5) is 3.25. The van der Waals surface area contributed by atoms with Crippen molar-refractivity contribution in [2.45, 2.75) is 25.2 Å². The zero-order chi connectivity index (χ0) is 11.5. The van der Waals surface area contributed by atoms with E-state index in [1.165, 1.54) is 18.7 Å². The van der Waals surface area contributed by atoms with Crippen LogP contribution in [0.1, 0.15) is 19.4 Å². The molecule has 16 heavy (non-hydrogen) atoms. The molecular weight excluding hydrogens is 262 g/mol. The van der Waals surface area contributed by atoms with Crippen molar-refractivity contribution >= 4 is 15.9 Å². The Morgan fingerprint density at radius 1 is 1.12 bits per heavy atom. The predicted octanol–water partition coefficient (Wildman–Crippen LogP) is 3.54. The van der Waals surface area contributed by atoms with Crippen LogP contribution in [0.4, 0.5) is 0 Å². The van der Waals surface area contributed by atoms with E-state index < -0.39 is 0 Å². The molecule has 0 aliphatic carbocycles. The molecule has 0 saturated carbocycles. The lowest BCUT2D eigenvalue weighted by Gasteiger charge is -2.38. The molecule has 0 aromatic heterocycles. The van der Waals surface area contributed by atoms with Gasteiger partial charge in [0.05, 0.1) is 0 Å². The first-order valence-corrected chi connectivity index (χ1v) is 6.98. The monoisotopic (exact) mass is 281 g/mol. The van der Waals surface area contributed by atoms with Crippen LogP contribution < -0.4 is 0 Å². The summed E-state index contributed by atoms with van der Waals surface area (Å²) < 4.78 is 0. The fourth-order valence-electron chi connectivity index (χ4n) is 2.62. The molecule has 0 radical (unpaired) electrons. The van der Waals surface area contributed by atoms with E-state index in [-0.39, 0.29) is 0 Å². The Balaban J connectivity index is 1.97. The summed E-state index contributed by atoms with van der Waals surface area (Å²) in [7, 11) is 0. The SMILES string of the molecule is C[C@@H]1CN(Cc2ccccc2)C[C@@H](C)C1Br. The lowest BCUT2D eigenvalue weighted by Crippen LogP contribution is -2.44. The van der Waals surface area contributed by atoms with E-state index in [0.29, 0.717) is 4.83 Å². The summed E-state index contributed by atoms with van der Waals surface area (Å²) in [5, 5.41) is 0. The van der Waals surface area contributed by atoms with Crippen LogP contribution in [-0.2, 0) is 6.54 Å². The van der Waals surface area contributed by atoms with Gasteiger partial charge in [0.25, 0.3) is 0 Å². The van der Waals surface area contributed by atoms with E-state index >= 15 is 0 Å². The molecule has 1 aromatic rings. The Kier molecular flexibility index (Phi) is 4.04. The third-order valence-electron chi connectivity index (χ3n) is 3.43. The van der Waals surface area contributed by atoms with Crippen molar-refractivity contribution in [2.24, 2.45) is 11.8 Å². The van der Waals surface area contributed by atoms with E-state index in [9.17, 15) is 0 Å². The van der Waals surface area contributed by atoms with Crippen molar-refractivity contribution in [3.63, 3.8) is 0 Å². The number of likely N-dealkylation sites (tertiary alicyclic amines) is 1. The molecule has 0 unspecified atom stereocenters. The Morgan fingerprint density at radius 3 is 2.25 bits per heavy atom. The van der Waals surface area contributed by atoms with Gasteiger partial charge in [0.2, 0.25) is 0 Å². The molecule has 88 valence electrons. The Morgan fingerprint density at radius 2 is 1.69 bits per heavy atom. The second-order valence-corrected chi connectivity index (χ2v) is 6.14. The van der Waals surface area contributed by atoms with Crippen LogP contribution in [0, 0.1) is 11.8 Å². The fraction of sp³-hybridized carbons (Fsp3) is 0.571. The summed E-state index contributed by atoms with van der Waals surface area (Å²) in [5.74, 6) is 1.49. The first kappa shape index (κ1) is 12.1. The third-order valence-corrected chi connectivity index (χ3v) is 5.23. The first-order valence-electron chi connectivity index (χ1n) is 6.07. The van der Waals surface area contributed by atoms with E-state index in [0.717, 1.165) is 18.4 Å². The van der Waals surface area contributed by atoms with Crippen LogP contribution in [-0.4, -0.2) is 22.8 Å². The van der Waals surface area contributed by atoms with E-state index in [1.54, 1.807) is 0 Å². The molecule has 0 bridgehead atoms. The van der Waals surface area contributed by atoms with Gasteiger partial charge < -0.3 is 0 Å². The highest BCUT2D eigenvalue weighted by atomic mass is 79.9. The van der Waals surface area contributed by atoms with Crippen LogP contribution >= 0.6 is 15.9 Å². The van der Waals surface area contributed by atoms with Gasteiger partial charge in [-0.05, 0) is 17.4 Å². The van der Waals surface area contributed by atoms with Gasteiger partial charge in [0, 0.05) is 24.5 Å². The number of hydrogen-bond acceptors (Lipinski definition) is 1. The summed E-state index contributed by atoms with van der Waals surface area (Å²) >= 11 is 3.81. The average Bonchev–Trinajstić information content (AvgIpc) is 2.27. The highest BCUT2D eigenvalue weighted by molar-refractivity contribution is 9.09. The summed E-state index contributed by atoms with van der Waals surface area (Å²) in [6, 6.07) is 10.8. The molecule has 1 fully saturated rings. The highest BCUT2D eigenvalue weighted by Crippen LogP contribution is 2.28. The molecule has 0 amide bonds. The molecule has 1 aliphatic rings. The van der Waals surface area contributed by atoms with E-state index in [2.05, 4.69) is 65.0 Å². The number of piperidine rings is 1. The minimum atomic E-state index is 0.680. The maximum atomic E-state index is 3.81. The highest BCUT2D eigenvalue weighted by Gasteiger charge is 2.29. The number of nitrogens with zero attached hydrogens (tertiary/aromatic N) is 1. The minimum absolute atomic E-state index is 0.680. The molecule has 1 aromatic carbocycles. The van der Waals surface area contributed by atoms with Crippen LogP contribution in [0.2, 0.25) is 0 Å². The zero-order valence-corrected chi connectivity index (χ0v) is 11.7. The third kappa shape index (κ3) is 2.86. The van der Waals surface area contributed by atoms with Crippen LogP contribution in [0.25, 0.3) is 0 Å². The second-order valence-electron chi connectivity index (χ2n) is 5.08. The maximum Gasteiger partial charge on any atom is 0.0233 e. The molecule has 1 nitrogen and oxygen atoms in total. The lowest BCUT2D eigenvalue weighted by atomic mass is 9.91. The van der Waals surface area contributed by atoms with Crippen LogP contribution in [0.5, 0.6) is 0 Å².